The van der Waals surface area contributed by atoms with Gasteiger partial charge in [0, 0.05) is 12.1 Å². The number of nitrogens with one attached hydrogen (secondary N) is 1. The van der Waals surface area contributed by atoms with Crippen molar-refractivity contribution in [2.75, 3.05) is 0 Å². The molecule has 0 heterocycles. The molecule has 0 aromatic heterocycles. The predicted octanol–water partition coefficient (Wildman–Crippen LogP) is 3.91. The lowest BCUT2D eigenvalue weighted by Gasteiger charge is -2.25. The van der Waals surface area contributed by atoms with Gasteiger partial charge in [-0.1, -0.05) is 32.9 Å². The second kappa shape index (κ2) is 6.00. The number of hydrogen-bond donors (Lipinski definition) is 1. The van der Waals surface area contributed by atoms with Gasteiger partial charge >= 0.3 is 0 Å². The summed E-state index contributed by atoms with van der Waals surface area (Å²) in [5, 5.41) is 3.58. The van der Waals surface area contributed by atoms with E-state index in [2.05, 4.69) is 33.0 Å². The molecule has 2 atom stereocenters. The van der Waals surface area contributed by atoms with Crippen molar-refractivity contribution >= 4 is 0 Å². The van der Waals surface area contributed by atoms with Crippen LogP contribution in [0.25, 0.3) is 0 Å². The first-order valence-electron chi connectivity index (χ1n) is 6.06. The van der Waals surface area contributed by atoms with Crippen molar-refractivity contribution in [1.82, 2.24) is 5.32 Å². The fourth-order valence-corrected chi connectivity index (χ4v) is 1.95. The van der Waals surface area contributed by atoms with E-state index in [1.54, 1.807) is 0 Å². The van der Waals surface area contributed by atoms with E-state index in [0.29, 0.717) is 12.0 Å². The van der Waals surface area contributed by atoms with Crippen molar-refractivity contribution in [2.45, 2.75) is 46.2 Å². The van der Waals surface area contributed by atoms with Crippen LogP contribution in [0, 0.1) is 11.7 Å². The van der Waals surface area contributed by atoms with Gasteiger partial charge in [-0.2, -0.15) is 0 Å². The van der Waals surface area contributed by atoms with Crippen LogP contribution >= 0.6 is 0 Å². The first kappa shape index (κ1) is 13.2. The molecular formula is C14H22FN. The number of hydrogen-bond acceptors (Lipinski definition) is 1. The van der Waals surface area contributed by atoms with Crippen molar-refractivity contribution < 1.29 is 4.39 Å². The molecule has 1 aromatic carbocycles. The summed E-state index contributed by atoms with van der Waals surface area (Å²) >= 11 is 0. The van der Waals surface area contributed by atoms with Gasteiger partial charge in [0.05, 0.1) is 0 Å². The molecule has 1 unspecified atom stereocenters. The topological polar surface area (TPSA) is 12.0 Å². The van der Waals surface area contributed by atoms with Crippen LogP contribution in [0.5, 0.6) is 0 Å². The fourth-order valence-electron chi connectivity index (χ4n) is 1.95. The van der Waals surface area contributed by atoms with Crippen LogP contribution in [0.4, 0.5) is 4.39 Å². The van der Waals surface area contributed by atoms with Crippen LogP contribution in [0.15, 0.2) is 24.3 Å². The average Bonchev–Trinajstić information content (AvgIpc) is 2.26. The molecule has 1 rings (SSSR count). The maximum absolute atomic E-state index is 12.8. The van der Waals surface area contributed by atoms with Crippen LogP contribution < -0.4 is 5.32 Å². The van der Waals surface area contributed by atoms with E-state index in [1.807, 2.05) is 12.1 Å². The minimum absolute atomic E-state index is 0.174. The highest BCUT2D eigenvalue weighted by Crippen LogP contribution is 2.16. The normalized spacial score (nSPS) is 15.1. The van der Waals surface area contributed by atoms with E-state index >= 15 is 0 Å². The standard InChI is InChI=1S/C14H22FN/c1-5-14(10(2)3)16-11(4)12-6-8-13(15)9-7-12/h6-11,14,16H,5H2,1-4H3/t11-,14?/m1/s1. The zero-order valence-corrected chi connectivity index (χ0v) is 10.6. The summed E-state index contributed by atoms with van der Waals surface area (Å²) in [5.74, 6) is 0.444. The Hall–Kier alpha value is -0.890. The second-order valence-electron chi connectivity index (χ2n) is 4.70. The minimum Gasteiger partial charge on any atom is -0.307 e. The maximum atomic E-state index is 12.8. The van der Waals surface area contributed by atoms with Gasteiger partial charge in [-0.05, 0) is 37.0 Å². The van der Waals surface area contributed by atoms with Gasteiger partial charge < -0.3 is 5.32 Å². The Morgan fingerprint density at radius 3 is 2.12 bits per heavy atom. The third kappa shape index (κ3) is 3.60. The highest BCUT2D eigenvalue weighted by atomic mass is 19.1. The predicted molar refractivity (Wildman–Crippen MR) is 66.9 cm³/mol. The zero-order chi connectivity index (χ0) is 12.1. The van der Waals surface area contributed by atoms with E-state index in [4.69, 9.17) is 0 Å². The number of halogens is 1. The summed E-state index contributed by atoms with van der Waals surface area (Å²) in [7, 11) is 0. The molecule has 0 bridgehead atoms. The highest BCUT2D eigenvalue weighted by Gasteiger charge is 2.14. The molecule has 1 N–H and O–H groups in total. The number of benzene rings is 1. The third-order valence-corrected chi connectivity index (χ3v) is 3.08. The van der Waals surface area contributed by atoms with Crippen molar-refractivity contribution in [3.05, 3.63) is 35.6 Å². The molecule has 0 aliphatic carbocycles. The van der Waals surface area contributed by atoms with Gasteiger partial charge in [0.2, 0.25) is 0 Å². The van der Waals surface area contributed by atoms with Gasteiger partial charge in [0.15, 0.2) is 0 Å². The largest absolute Gasteiger partial charge is 0.307 e. The summed E-state index contributed by atoms with van der Waals surface area (Å²) in [6.45, 7) is 8.75. The van der Waals surface area contributed by atoms with E-state index in [9.17, 15) is 4.39 Å². The van der Waals surface area contributed by atoms with E-state index < -0.39 is 0 Å². The summed E-state index contributed by atoms with van der Waals surface area (Å²) in [5.41, 5.74) is 1.14. The minimum atomic E-state index is -0.174. The summed E-state index contributed by atoms with van der Waals surface area (Å²) in [6.07, 6.45) is 1.11. The Balaban J connectivity index is 2.64. The average molecular weight is 223 g/mol. The zero-order valence-electron chi connectivity index (χ0n) is 10.6. The lowest BCUT2D eigenvalue weighted by atomic mass is 9.99. The van der Waals surface area contributed by atoms with Crippen molar-refractivity contribution in [1.29, 1.82) is 0 Å². The first-order valence-corrected chi connectivity index (χ1v) is 6.06. The quantitative estimate of drug-likeness (QED) is 0.798. The van der Waals surface area contributed by atoms with E-state index in [1.165, 1.54) is 12.1 Å². The molecule has 0 aliphatic heterocycles. The lowest BCUT2D eigenvalue weighted by molar-refractivity contribution is 0.355. The van der Waals surface area contributed by atoms with Crippen molar-refractivity contribution in [3.63, 3.8) is 0 Å². The van der Waals surface area contributed by atoms with Gasteiger partial charge in [0.25, 0.3) is 0 Å². The first-order chi connectivity index (χ1) is 7.54. The summed E-state index contributed by atoms with van der Waals surface area (Å²) < 4.78 is 12.8. The molecule has 1 nitrogen and oxygen atoms in total. The molecule has 0 radical (unpaired) electrons. The third-order valence-electron chi connectivity index (χ3n) is 3.08. The molecule has 1 aromatic rings. The van der Waals surface area contributed by atoms with Crippen molar-refractivity contribution in [2.24, 2.45) is 5.92 Å². The van der Waals surface area contributed by atoms with E-state index in [-0.39, 0.29) is 11.9 Å². The van der Waals surface area contributed by atoms with Crippen LogP contribution in [-0.4, -0.2) is 6.04 Å². The SMILES string of the molecule is CCC(N[C@H](C)c1ccc(F)cc1)C(C)C. The Morgan fingerprint density at radius 2 is 1.69 bits per heavy atom. The molecule has 2 heteroatoms. The van der Waals surface area contributed by atoms with Crippen LogP contribution in [-0.2, 0) is 0 Å². The molecule has 90 valence electrons. The Labute approximate surface area is 98.1 Å². The van der Waals surface area contributed by atoms with Crippen LogP contribution in [0.2, 0.25) is 0 Å². The molecular weight excluding hydrogens is 201 g/mol. The molecule has 0 saturated heterocycles. The van der Waals surface area contributed by atoms with Gasteiger partial charge in [-0.15, -0.1) is 0 Å². The van der Waals surface area contributed by atoms with Crippen LogP contribution in [0.3, 0.4) is 0 Å². The monoisotopic (exact) mass is 223 g/mol. The summed E-state index contributed by atoms with van der Waals surface area (Å²) in [6, 6.07) is 7.52. The Kier molecular flexibility index (Phi) is 4.94. The number of rotatable bonds is 5. The van der Waals surface area contributed by atoms with E-state index in [0.717, 1.165) is 12.0 Å². The Morgan fingerprint density at radius 1 is 1.12 bits per heavy atom. The van der Waals surface area contributed by atoms with Gasteiger partial charge in [-0.3, -0.25) is 0 Å². The molecule has 16 heavy (non-hydrogen) atoms. The Bertz CT molecular complexity index is 305. The molecule has 0 aliphatic rings. The molecule has 0 saturated carbocycles. The fraction of sp³-hybridized carbons (Fsp3) is 0.571. The summed E-state index contributed by atoms with van der Waals surface area (Å²) in [4.78, 5) is 0. The van der Waals surface area contributed by atoms with Crippen molar-refractivity contribution in [3.8, 4) is 0 Å². The van der Waals surface area contributed by atoms with Gasteiger partial charge in [0.1, 0.15) is 5.82 Å². The van der Waals surface area contributed by atoms with Crippen LogP contribution in [0.1, 0.15) is 45.7 Å². The highest BCUT2D eigenvalue weighted by molar-refractivity contribution is 5.19. The maximum Gasteiger partial charge on any atom is 0.123 e. The molecule has 0 amide bonds. The smallest absolute Gasteiger partial charge is 0.123 e. The van der Waals surface area contributed by atoms with Gasteiger partial charge in [-0.25, -0.2) is 4.39 Å². The molecule has 0 spiro atoms. The second-order valence-corrected chi connectivity index (χ2v) is 4.70. The lowest BCUT2D eigenvalue weighted by Crippen LogP contribution is -2.35. The molecule has 0 fully saturated rings.